The molecule has 0 spiro atoms. The summed E-state index contributed by atoms with van der Waals surface area (Å²) in [5, 5.41) is 5.27. The number of carbonyl (C=O) groups is 1. The summed E-state index contributed by atoms with van der Waals surface area (Å²) in [6.45, 7) is 3.97. The summed E-state index contributed by atoms with van der Waals surface area (Å²) in [4.78, 5) is 13.9. The summed E-state index contributed by atoms with van der Waals surface area (Å²) >= 11 is 1.63. The molecule has 0 saturated carbocycles. The van der Waals surface area contributed by atoms with Crippen LogP contribution in [-0.2, 0) is 16.6 Å². The minimum atomic E-state index is -0.500. The zero-order valence-corrected chi connectivity index (χ0v) is 15.1. The minimum absolute atomic E-state index is 0. The number of carbonyl (C=O) groups excluding carboxylic acids is 1. The quantitative estimate of drug-likeness (QED) is 0.814. The minimum Gasteiger partial charge on any atom is -0.399 e. The Hall–Kier alpha value is -1.52. The van der Waals surface area contributed by atoms with Crippen LogP contribution >= 0.6 is 23.7 Å². The van der Waals surface area contributed by atoms with Crippen molar-refractivity contribution >= 4 is 35.3 Å². The highest BCUT2D eigenvalue weighted by atomic mass is 35.5. The van der Waals surface area contributed by atoms with Gasteiger partial charge in [0.2, 0.25) is 5.91 Å². The Balaban J connectivity index is 0.00000192. The number of anilines is 1. The summed E-state index contributed by atoms with van der Waals surface area (Å²) < 4.78 is 0. The fourth-order valence-corrected chi connectivity index (χ4v) is 3.92. The molecule has 1 aromatic carbocycles. The van der Waals surface area contributed by atoms with E-state index in [0.717, 1.165) is 29.8 Å². The van der Waals surface area contributed by atoms with Crippen molar-refractivity contribution < 1.29 is 4.79 Å². The summed E-state index contributed by atoms with van der Waals surface area (Å²) in [5.74, 6) is 0.0876. The van der Waals surface area contributed by atoms with Crippen molar-refractivity contribution in [3.8, 4) is 0 Å². The zero-order chi connectivity index (χ0) is 15.7. The van der Waals surface area contributed by atoms with Crippen LogP contribution in [0, 0.1) is 0 Å². The van der Waals surface area contributed by atoms with E-state index in [4.69, 9.17) is 5.73 Å². The van der Waals surface area contributed by atoms with Crippen molar-refractivity contribution in [2.45, 2.75) is 44.6 Å². The topological polar surface area (TPSA) is 55.1 Å². The van der Waals surface area contributed by atoms with Crippen LogP contribution in [0.3, 0.4) is 0 Å². The third-order valence-electron chi connectivity index (χ3n) is 4.49. The number of thiophene rings is 1. The van der Waals surface area contributed by atoms with Crippen LogP contribution in [0.5, 0.6) is 0 Å². The first-order valence-corrected chi connectivity index (χ1v) is 8.59. The van der Waals surface area contributed by atoms with Gasteiger partial charge in [-0.1, -0.05) is 12.1 Å². The lowest BCUT2D eigenvalue weighted by atomic mass is 9.85. The normalized spacial score (nSPS) is 17.0. The number of nitrogens with two attached hydrogens (primary N) is 1. The average molecular weight is 351 g/mol. The third-order valence-corrected chi connectivity index (χ3v) is 5.69. The number of fused-ring (bicyclic) bond motifs is 1. The fourth-order valence-electron chi connectivity index (χ4n) is 3.07. The van der Waals surface area contributed by atoms with Crippen LogP contribution < -0.4 is 11.1 Å². The maximum atomic E-state index is 12.8. The summed E-state index contributed by atoms with van der Waals surface area (Å²) in [7, 11) is 0. The zero-order valence-electron chi connectivity index (χ0n) is 13.5. The Bertz CT molecular complexity index is 682. The molecule has 1 unspecified atom stereocenters. The van der Waals surface area contributed by atoms with Crippen molar-refractivity contribution in [3.05, 3.63) is 51.7 Å². The van der Waals surface area contributed by atoms with Crippen molar-refractivity contribution in [1.29, 1.82) is 0 Å². The number of nitrogen functional groups attached to an aromatic ring is 1. The molecular weight excluding hydrogens is 328 g/mol. The lowest BCUT2D eigenvalue weighted by Gasteiger charge is -2.30. The molecule has 0 bridgehead atoms. The lowest BCUT2D eigenvalue weighted by Crippen LogP contribution is -2.42. The molecule has 2 aromatic rings. The van der Waals surface area contributed by atoms with E-state index in [1.54, 1.807) is 11.3 Å². The van der Waals surface area contributed by atoms with Crippen LogP contribution in [0.1, 0.15) is 48.7 Å². The fraction of sp³-hybridized carbons (Fsp3) is 0.389. The molecule has 3 nitrogen and oxygen atoms in total. The molecule has 0 radical (unpaired) electrons. The van der Waals surface area contributed by atoms with Crippen LogP contribution in [0.25, 0.3) is 0 Å². The van der Waals surface area contributed by atoms with Crippen LogP contribution in [0.4, 0.5) is 5.69 Å². The monoisotopic (exact) mass is 350 g/mol. The molecule has 1 aromatic heterocycles. The highest BCUT2D eigenvalue weighted by molar-refractivity contribution is 7.10. The largest absolute Gasteiger partial charge is 0.399 e. The first-order valence-electron chi connectivity index (χ1n) is 7.72. The number of hydrogen-bond acceptors (Lipinski definition) is 3. The van der Waals surface area contributed by atoms with Gasteiger partial charge in [-0.3, -0.25) is 4.79 Å². The molecule has 5 heteroatoms. The van der Waals surface area contributed by atoms with Gasteiger partial charge in [0, 0.05) is 10.6 Å². The predicted octanol–water partition coefficient (Wildman–Crippen LogP) is 4.22. The van der Waals surface area contributed by atoms with Gasteiger partial charge in [0.15, 0.2) is 0 Å². The number of amides is 1. The van der Waals surface area contributed by atoms with E-state index in [1.807, 2.05) is 43.5 Å². The van der Waals surface area contributed by atoms with E-state index in [1.165, 1.54) is 11.1 Å². The number of nitrogens with one attached hydrogen (secondary N) is 1. The van der Waals surface area contributed by atoms with Gasteiger partial charge in [-0.15, -0.1) is 23.7 Å². The smallest absolute Gasteiger partial charge is 0.231 e. The highest BCUT2D eigenvalue weighted by Crippen LogP contribution is 2.33. The molecule has 1 heterocycles. The Kier molecular flexibility index (Phi) is 5.37. The molecule has 124 valence electrons. The first kappa shape index (κ1) is 17.8. The van der Waals surface area contributed by atoms with Gasteiger partial charge in [0.1, 0.15) is 0 Å². The Morgan fingerprint density at radius 1 is 1.35 bits per heavy atom. The predicted molar refractivity (Wildman–Crippen MR) is 99.3 cm³/mol. The Morgan fingerprint density at radius 3 is 2.83 bits per heavy atom. The lowest BCUT2D eigenvalue weighted by molar-refractivity contribution is -0.126. The molecule has 1 amide bonds. The van der Waals surface area contributed by atoms with Crippen LogP contribution in [0.15, 0.2) is 35.7 Å². The standard InChI is InChI=1S/C18H22N2OS.ClH/c1-18(2,16-7-4-10-22-16)17(21)20-15-6-3-5-12-11-13(19)8-9-14(12)15;/h4,7-11,15H,3,5-6,19H2,1-2H3,(H,20,21);1H. The Morgan fingerprint density at radius 2 is 2.13 bits per heavy atom. The van der Waals surface area contributed by atoms with E-state index >= 15 is 0 Å². The summed E-state index contributed by atoms with van der Waals surface area (Å²) in [6.07, 6.45) is 3.12. The molecule has 1 aliphatic rings. The first-order chi connectivity index (χ1) is 10.5. The summed E-state index contributed by atoms with van der Waals surface area (Å²) in [5.41, 5.74) is 8.66. The van der Waals surface area contributed by atoms with E-state index in [9.17, 15) is 4.79 Å². The molecule has 23 heavy (non-hydrogen) atoms. The molecule has 0 saturated heterocycles. The number of halogens is 1. The Labute approximate surface area is 147 Å². The molecule has 1 atom stereocenters. The number of rotatable bonds is 3. The number of hydrogen-bond donors (Lipinski definition) is 2. The van der Waals surface area contributed by atoms with E-state index < -0.39 is 5.41 Å². The second kappa shape index (κ2) is 6.93. The molecule has 3 N–H and O–H groups in total. The maximum absolute atomic E-state index is 12.8. The van der Waals surface area contributed by atoms with Crippen molar-refractivity contribution in [2.75, 3.05) is 5.73 Å². The number of aryl methyl sites for hydroxylation is 1. The third kappa shape index (κ3) is 3.54. The van der Waals surface area contributed by atoms with Gasteiger partial charge >= 0.3 is 0 Å². The molecular formula is C18H23ClN2OS. The summed E-state index contributed by atoms with van der Waals surface area (Å²) in [6, 6.07) is 10.1. The van der Waals surface area contributed by atoms with Crippen molar-refractivity contribution in [2.24, 2.45) is 0 Å². The van der Waals surface area contributed by atoms with Crippen LogP contribution in [-0.4, -0.2) is 5.91 Å². The van der Waals surface area contributed by atoms with E-state index in [2.05, 4.69) is 11.4 Å². The second-order valence-corrected chi connectivity index (χ2v) is 7.43. The van der Waals surface area contributed by atoms with Gasteiger partial charge in [0.25, 0.3) is 0 Å². The van der Waals surface area contributed by atoms with Gasteiger partial charge in [-0.2, -0.15) is 0 Å². The maximum Gasteiger partial charge on any atom is 0.231 e. The number of benzene rings is 1. The second-order valence-electron chi connectivity index (χ2n) is 6.48. The van der Waals surface area contributed by atoms with Gasteiger partial charge in [-0.25, -0.2) is 0 Å². The molecule has 0 fully saturated rings. The van der Waals surface area contributed by atoms with E-state index in [-0.39, 0.29) is 24.4 Å². The SMILES string of the molecule is CC(C)(C(=O)NC1CCCc2cc(N)ccc21)c1cccs1.Cl. The average Bonchev–Trinajstić information content (AvgIpc) is 3.02. The van der Waals surface area contributed by atoms with Crippen molar-refractivity contribution in [1.82, 2.24) is 5.32 Å². The van der Waals surface area contributed by atoms with Crippen LogP contribution in [0.2, 0.25) is 0 Å². The van der Waals surface area contributed by atoms with E-state index in [0.29, 0.717) is 0 Å². The highest BCUT2D eigenvalue weighted by Gasteiger charge is 2.33. The molecule has 3 rings (SSSR count). The van der Waals surface area contributed by atoms with Crippen molar-refractivity contribution in [3.63, 3.8) is 0 Å². The van der Waals surface area contributed by atoms with Gasteiger partial charge in [0.05, 0.1) is 11.5 Å². The molecule has 0 aliphatic heterocycles. The van der Waals surface area contributed by atoms with Gasteiger partial charge < -0.3 is 11.1 Å². The molecule has 1 aliphatic carbocycles. The van der Waals surface area contributed by atoms with Gasteiger partial charge in [-0.05, 0) is 67.8 Å².